The van der Waals surface area contributed by atoms with Crippen molar-refractivity contribution in [2.24, 2.45) is 11.1 Å². The highest BCUT2D eigenvalue weighted by Crippen LogP contribution is 2.46. The number of carbonyl (C=O) groups is 1. The second-order valence-corrected chi connectivity index (χ2v) is 5.04. The molecule has 1 saturated heterocycles. The molecule has 0 unspecified atom stereocenters. The van der Waals surface area contributed by atoms with Crippen molar-refractivity contribution in [3.8, 4) is 0 Å². The first-order valence-electron chi connectivity index (χ1n) is 6.28. The van der Waals surface area contributed by atoms with Gasteiger partial charge in [0.2, 0.25) is 5.91 Å². The SMILES string of the molecule is NCC1(C(=O)N2CCCCCCC2)CC1. The molecule has 86 valence electrons. The van der Waals surface area contributed by atoms with Crippen molar-refractivity contribution < 1.29 is 4.79 Å². The summed E-state index contributed by atoms with van der Waals surface area (Å²) < 4.78 is 0. The van der Waals surface area contributed by atoms with Crippen molar-refractivity contribution in [1.29, 1.82) is 0 Å². The highest BCUT2D eigenvalue weighted by molar-refractivity contribution is 5.85. The minimum absolute atomic E-state index is 0.140. The van der Waals surface area contributed by atoms with Crippen LogP contribution in [0.15, 0.2) is 0 Å². The zero-order chi connectivity index (χ0) is 10.7. The highest BCUT2D eigenvalue weighted by atomic mass is 16.2. The number of hydrogen-bond acceptors (Lipinski definition) is 2. The lowest BCUT2D eigenvalue weighted by molar-refractivity contribution is -0.137. The molecule has 1 aliphatic heterocycles. The lowest BCUT2D eigenvalue weighted by atomic mass is 10.0. The summed E-state index contributed by atoms with van der Waals surface area (Å²) in [5.74, 6) is 0.340. The van der Waals surface area contributed by atoms with Crippen LogP contribution in [0.25, 0.3) is 0 Å². The van der Waals surface area contributed by atoms with E-state index in [-0.39, 0.29) is 5.41 Å². The van der Waals surface area contributed by atoms with E-state index in [9.17, 15) is 4.79 Å². The van der Waals surface area contributed by atoms with E-state index in [2.05, 4.69) is 4.90 Å². The molecule has 15 heavy (non-hydrogen) atoms. The van der Waals surface area contributed by atoms with Crippen LogP contribution in [0.4, 0.5) is 0 Å². The minimum atomic E-state index is -0.140. The second kappa shape index (κ2) is 4.52. The van der Waals surface area contributed by atoms with Gasteiger partial charge in [-0.25, -0.2) is 0 Å². The van der Waals surface area contributed by atoms with E-state index >= 15 is 0 Å². The third kappa shape index (κ3) is 2.33. The van der Waals surface area contributed by atoms with Gasteiger partial charge in [-0.1, -0.05) is 19.3 Å². The van der Waals surface area contributed by atoms with Gasteiger partial charge in [-0.15, -0.1) is 0 Å². The summed E-state index contributed by atoms with van der Waals surface area (Å²) in [5.41, 5.74) is 5.56. The van der Waals surface area contributed by atoms with Crippen molar-refractivity contribution in [1.82, 2.24) is 4.90 Å². The Kier molecular flexibility index (Phi) is 3.29. The third-order valence-corrected chi connectivity index (χ3v) is 3.84. The molecule has 1 heterocycles. The summed E-state index contributed by atoms with van der Waals surface area (Å²) >= 11 is 0. The fourth-order valence-corrected chi connectivity index (χ4v) is 2.44. The highest BCUT2D eigenvalue weighted by Gasteiger charge is 2.50. The number of nitrogens with zero attached hydrogens (tertiary/aromatic N) is 1. The number of carbonyl (C=O) groups excluding carboxylic acids is 1. The Morgan fingerprint density at radius 1 is 1.07 bits per heavy atom. The number of likely N-dealkylation sites (tertiary alicyclic amines) is 1. The van der Waals surface area contributed by atoms with Gasteiger partial charge in [0.1, 0.15) is 0 Å². The molecule has 1 saturated carbocycles. The second-order valence-electron chi connectivity index (χ2n) is 5.04. The number of rotatable bonds is 2. The van der Waals surface area contributed by atoms with E-state index in [1.54, 1.807) is 0 Å². The van der Waals surface area contributed by atoms with Crippen LogP contribution in [-0.4, -0.2) is 30.4 Å². The van der Waals surface area contributed by atoms with Gasteiger partial charge >= 0.3 is 0 Å². The fourth-order valence-electron chi connectivity index (χ4n) is 2.44. The molecule has 0 aromatic carbocycles. The Bertz CT molecular complexity index is 228. The van der Waals surface area contributed by atoms with Crippen LogP contribution in [0.1, 0.15) is 44.9 Å². The van der Waals surface area contributed by atoms with Crippen LogP contribution in [0, 0.1) is 5.41 Å². The van der Waals surface area contributed by atoms with Gasteiger partial charge in [-0.3, -0.25) is 4.79 Å². The van der Waals surface area contributed by atoms with Crippen molar-refractivity contribution in [3.05, 3.63) is 0 Å². The van der Waals surface area contributed by atoms with Gasteiger partial charge in [0.05, 0.1) is 5.41 Å². The molecule has 0 aromatic heterocycles. The summed E-state index contributed by atoms with van der Waals surface area (Å²) in [5, 5.41) is 0. The molecule has 2 N–H and O–H groups in total. The van der Waals surface area contributed by atoms with Crippen LogP contribution < -0.4 is 5.73 Å². The Morgan fingerprint density at radius 2 is 1.60 bits per heavy atom. The standard InChI is InChI=1S/C12H22N2O/c13-10-12(6-7-12)11(15)14-8-4-2-1-3-5-9-14/h1-10,13H2. The zero-order valence-corrected chi connectivity index (χ0v) is 9.50. The molecule has 0 bridgehead atoms. The van der Waals surface area contributed by atoms with Gasteiger partial charge in [-0.05, 0) is 25.7 Å². The summed E-state index contributed by atoms with van der Waals surface area (Å²) in [6, 6.07) is 0. The molecule has 3 nitrogen and oxygen atoms in total. The number of hydrogen-bond donors (Lipinski definition) is 1. The maximum Gasteiger partial charge on any atom is 0.230 e. The lowest BCUT2D eigenvalue weighted by Crippen LogP contribution is -2.42. The quantitative estimate of drug-likeness (QED) is 0.751. The molecule has 0 radical (unpaired) electrons. The number of nitrogens with two attached hydrogens (primary N) is 1. The van der Waals surface area contributed by atoms with Crippen molar-refractivity contribution >= 4 is 5.91 Å². The Balaban J connectivity index is 1.92. The van der Waals surface area contributed by atoms with Crippen LogP contribution >= 0.6 is 0 Å². The minimum Gasteiger partial charge on any atom is -0.342 e. The van der Waals surface area contributed by atoms with Gasteiger partial charge in [-0.2, -0.15) is 0 Å². The van der Waals surface area contributed by atoms with E-state index < -0.39 is 0 Å². The first-order valence-corrected chi connectivity index (χ1v) is 6.28. The Morgan fingerprint density at radius 3 is 2.07 bits per heavy atom. The zero-order valence-electron chi connectivity index (χ0n) is 9.50. The van der Waals surface area contributed by atoms with Crippen molar-refractivity contribution in [2.75, 3.05) is 19.6 Å². The number of amides is 1. The normalized spacial score (nSPS) is 25.5. The molecule has 2 fully saturated rings. The molecule has 1 amide bonds. The molecule has 3 heteroatoms. The molecular weight excluding hydrogens is 188 g/mol. The Labute approximate surface area is 92.0 Å². The van der Waals surface area contributed by atoms with E-state index in [4.69, 9.17) is 5.73 Å². The lowest BCUT2D eigenvalue weighted by Gasteiger charge is -2.28. The van der Waals surface area contributed by atoms with E-state index in [1.165, 1.54) is 32.1 Å². The van der Waals surface area contributed by atoms with Gasteiger partial charge in [0, 0.05) is 19.6 Å². The van der Waals surface area contributed by atoms with E-state index in [0.717, 1.165) is 25.9 Å². The van der Waals surface area contributed by atoms with Gasteiger partial charge in [0.25, 0.3) is 0 Å². The van der Waals surface area contributed by atoms with E-state index in [1.807, 2.05) is 0 Å². The predicted molar refractivity (Wildman–Crippen MR) is 60.4 cm³/mol. The molecule has 2 rings (SSSR count). The van der Waals surface area contributed by atoms with E-state index in [0.29, 0.717) is 12.5 Å². The first kappa shape index (κ1) is 10.9. The largest absolute Gasteiger partial charge is 0.342 e. The molecule has 2 aliphatic rings. The van der Waals surface area contributed by atoms with Crippen molar-refractivity contribution in [2.45, 2.75) is 44.9 Å². The summed E-state index contributed by atoms with van der Waals surface area (Å²) in [7, 11) is 0. The molecule has 0 aromatic rings. The average molecular weight is 210 g/mol. The monoisotopic (exact) mass is 210 g/mol. The average Bonchev–Trinajstić information content (AvgIpc) is 2.97. The molecular formula is C12H22N2O. The Hall–Kier alpha value is -0.570. The molecule has 0 atom stereocenters. The summed E-state index contributed by atoms with van der Waals surface area (Å²) in [6.07, 6.45) is 8.26. The maximum atomic E-state index is 12.2. The van der Waals surface area contributed by atoms with Crippen molar-refractivity contribution in [3.63, 3.8) is 0 Å². The molecule has 1 aliphatic carbocycles. The summed E-state index contributed by atoms with van der Waals surface area (Å²) in [4.78, 5) is 14.3. The summed E-state index contributed by atoms with van der Waals surface area (Å²) in [6.45, 7) is 2.46. The molecule has 0 spiro atoms. The van der Waals surface area contributed by atoms with Crippen LogP contribution in [0.5, 0.6) is 0 Å². The topological polar surface area (TPSA) is 46.3 Å². The maximum absolute atomic E-state index is 12.2. The smallest absolute Gasteiger partial charge is 0.230 e. The predicted octanol–water partition coefficient (Wildman–Crippen LogP) is 1.52. The van der Waals surface area contributed by atoms with Gasteiger partial charge in [0.15, 0.2) is 0 Å². The van der Waals surface area contributed by atoms with Gasteiger partial charge < -0.3 is 10.6 Å². The first-order chi connectivity index (χ1) is 7.28. The van der Waals surface area contributed by atoms with Crippen LogP contribution in [0.3, 0.4) is 0 Å². The van der Waals surface area contributed by atoms with Crippen LogP contribution in [-0.2, 0) is 4.79 Å². The fraction of sp³-hybridized carbons (Fsp3) is 0.917. The third-order valence-electron chi connectivity index (χ3n) is 3.84. The van der Waals surface area contributed by atoms with Crippen LogP contribution in [0.2, 0.25) is 0 Å².